The molecular formula is C78H152O17P2. The van der Waals surface area contributed by atoms with Crippen molar-refractivity contribution in [3.8, 4) is 0 Å². The van der Waals surface area contributed by atoms with Crippen molar-refractivity contribution in [1.29, 1.82) is 0 Å². The molecule has 0 rings (SSSR count). The second kappa shape index (κ2) is 67.2. The Balaban J connectivity index is 5.19. The zero-order valence-corrected chi connectivity index (χ0v) is 65.5. The molecule has 0 aromatic rings. The average molecular weight is 1420 g/mol. The number of ether oxygens (including phenoxy) is 4. The lowest BCUT2D eigenvalue weighted by molar-refractivity contribution is -0.161. The van der Waals surface area contributed by atoms with Gasteiger partial charge in [-0.15, -0.1) is 0 Å². The van der Waals surface area contributed by atoms with Crippen molar-refractivity contribution in [1.82, 2.24) is 0 Å². The molecule has 576 valence electrons. The molecule has 19 heteroatoms. The van der Waals surface area contributed by atoms with E-state index in [4.69, 9.17) is 37.0 Å². The van der Waals surface area contributed by atoms with Crippen LogP contribution in [0.25, 0.3) is 0 Å². The summed E-state index contributed by atoms with van der Waals surface area (Å²) in [7, 11) is -9.92. The van der Waals surface area contributed by atoms with Gasteiger partial charge in [0.05, 0.1) is 26.4 Å². The van der Waals surface area contributed by atoms with E-state index in [-0.39, 0.29) is 25.7 Å². The first-order valence-corrected chi connectivity index (χ1v) is 43.2. The van der Waals surface area contributed by atoms with Gasteiger partial charge in [0.2, 0.25) is 0 Å². The fourth-order valence-electron chi connectivity index (χ4n) is 11.9. The molecule has 0 radical (unpaired) electrons. The van der Waals surface area contributed by atoms with E-state index in [1.54, 1.807) is 0 Å². The fraction of sp³-hybridized carbons (Fsp3) is 0.949. The van der Waals surface area contributed by atoms with Crippen molar-refractivity contribution < 1.29 is 80.2 Å². The summed E-state index contributed by atoms with van der Waals surface area (Å²) in [4.78, 5) is 72.9. The van der Waals surface area contributed by atoms with Crippen LogP contribution in [-0.2, 0) is 65.4 Å². The molecule has 0 spiro atoms. The molecule has 0 heterocycles. The molecule has 97 heavy (non-hydrogen) atoms. The van der Waals surface area contributed by atoms with Crippen LogP contribution in [0.3, 0.4) is 0 Å². The lowest BCUT2D eigenvalue weighted by Crippen LogP contribution is -2.30. The van der Waals surface area contributed by atoms with Gasteiger partial charge in [0, 0.05) is 25.7 Å². The maximum Gasteiger partial charge on any atom is 0.472 e. The van der Waals surface area contributed by atoms with Crippen molar-refractivity contribution in [2.45, 2.75) is 414 Å². The Bertz CT molecular complexity index is 1900. The summed E-state index contributed by atoms with van der Waals surface area (Å²) in [6.07, 6.45) is 52.8. The van der Waals surface area contributed by atoms with Crippen molar-refractivity contribution in [2.24, 2.45) is 23.7 Å². The van der Waals surface area contributed by atoms with Gasteiger partial charge in [-0.2, -0.15) is 0 Å². The maximum absolute atomic E-state index is 13.1. The summed E-state index contributed by atoms with van der Waals surface area (Å²) in [5, 5.41) is 10.6. The third kappa shape index (κ3) is 70.9. The monoisotopic (exact) mass is 1420 g/mol. The van der Waals surface area contributed by atoms with Gasteiger partial charge in [0.1, 0.15) is 19.3 Å². The first-order chi connectivity index (χ1) is 46.6. The van der Waals surface area contributed by atoms with E-state index in [1.165, 1.54) is 193 Å². The SMILES string of the molecule is CCC(C)CCCCCCCCCCCCCCCCC(=O)O[C@H](COC(=O)CCCCCCCCCC(C)C)COP(=O)(O)OCC(O)COP(=O)(O)OC[C@@H](COC(=O)CCCCCCCCCCCCCCCCCC(C)C)OC(=O)CCCCCCCCCCC(C)C. The van der Waals surface area contributed by atoms with E-state index >= 15 is 0 Å². The first kappa shape index (κ1) is 95.1. The summed E-state index contributed by atoms with van der Waals surface area (Å²) in [6, 6.07) is 0. The van der Waals surface area contributed by atoms with Crippen LogP contribution in [-0.4, -0.2) is 96.7 Å². The molecule has 0 aliphatic heterocycles. The summed E-state index contributed by atoms with van der Waals surface area (Å²) in [5.74, 6) is 0.955. The van der Waals surface area contributed by atoms with E-state index in [2.05, 4.69) is 55.4 Å². The lowest BCUT2D eigenvalue weighted by atomic mass is 9.99. The highest BCUT2D eigenvalue weighted by atomic mass is 31.2. The highest BCUT2D eigenvalue weighted by molar-refractivity contribution is 7.47. The Hall–Kier alpha value is -1.94. The highest BCUT2D eigenvalue weighted by Gasteiger charge is 2.30. The van der Waals surface area contributed by atoms with Crippen LogP contribution >= 0.6 is 15.6 Å². The Labute approximate surface area is 594 Å². The number of carbonyl (C=O) groups is 4. The molecule has 6 atom stereocenters. The molecule has 0 aromatic carbocycles. The van der Waals surface area contributed by atoms with Crippen molar-refractivity contribution in [3.05, 3.63) is 0 Å². The summed E-state index contributed by atoms with van der Waals surface area (Å²) in [5.41, 5.74) is 0. The number of hydrogen-bond donors (Lipinski definition) is 3. The number of rotatable bonds is 75. The summed E-state index contributed by atoms with van der Waals surface area (Å²) >= 11 is 0. The van der Waals surface area contributed by atoms with Crippen LogP contribution in [0.1, 0.15) is 396 Å². The van der Waals surface area contributed by atoms with Crippen LogP contribution < -0.4 is 0 Å². The van der Waals surface area contributed by atoms with Gasteiger partial charge in [-0.3, -0.25) is 37.3 Å². The summed E-state index contributed by atoms with van der Waals surface area (Å²) < 4.78 is 68.6. The number of phosphoric ester groups is 2. The normalized spacial score (nSPS) is 14.4. The van der Waals surface area contributed by atoms with E-state index in [0.29, 0.717) is 31.6 Å². The van der Waals surface area contributed by atoms with E-state index in [9.17, 15) is 43.2 Å². The third-order valence-electron chi connectivity index (χ3n) is 18.4. The predicted octanol–water partition coefficient (Wildman–Crippen LogP) is 22.8. The minimum Gasteiger partial charge on any atom is -0.462 e. The van der Waals surface area contributed by atoms with Crippen LogP contribution in [0.15, 0.2) is 0 Å². The molecule has 0 fully saturated rings. The quantitative estimate of drug-likeness (QED) is 0.0222. The number of hydrogen-bond acceptors (Lipinski definition) is 15. The van der Waals surface area contributed by atoms with Crippen LogP contribution in [0, 0.1) is 23.7 Å². The number of unbranched alkanes of at least 4 members (excludes halogenated alkanes) is 40. The molecule has 17 nitrogen and oxygen atoms in total. The molecule has 0 aliphatic carbocycles. The largest absolute Gasteiger partial charge is 0.472 e. The average Bonchev–Trinajstić information content (AvgIpc) is 1.27. The molecule has 0 amide bonds. The molecule has 0 saturated heterocycles. The molecule has 3 N–H and O–H groups in total. The van der Waals surface area contributed by atoms with Gasteiger partial charge in [-0.25, -0.2) is 9.13 Å². The third-order valence-corrected chi connectivity index (χ3v) is 20.3. The Kier molecular flexibility index (Phi) is 65.9. The van der Waals surface area contributed by atoms with E-state index < -0.39 is 97.5 Å². The predicted molar refractivity (Wildman–Crippen MR) is 395 cm³/mol. The van der Waals surface area contributed by atoms with Gasteiger partial charge >= 0.3 is 39.5 Å². The first-order valence-electron chi connectivity index (χ1n) is 40.2. The lowest BCUT2D eigenvalue weighted by Gasteiger charge is -2.21. The molecule has 0 aliphatic rings. The van der Waals surface area contributed by atoms with Crippen LogP contribution in [0.4, 0.5) is 0 Å². The number of phosphoric acid groups is 2. The Morgan fingerprint density at radius 1 is 0.289 bits per heavy atom. The summed E-state index contributed by atoms with van der Waals surface area (Å²) in [6.45, 7) is 14.2. The smallest absolute Gasteiger partial charge is 0.462 e. The minimum absolute atomic E-state index is 0.104. The molecule has 0 aromatic heterocycles. The van der Waals surface area contributed by atoms with Crippen molar-refractivity contribution >= 4 is 39.5 Å². The Morgan fingerprint density at radius 3 is 0.732 bits per heavy atom. The zero-order chi connectivity index (χ0) is 71.7. The highest BCUT2D eigenvalue weighted by Crippen LogP contribution is 2.45. The van der Waals surface area contributed by atoms with Gasteiger partial charge in [-0.1, -0.05) is 344 Å². The van der Waals surface area contributed by atoms with Crippen LogP contribution in [0.5, 0.6) is 0 Å². The number of carbonyl (C=O) groups excluding carboxylic acids is 4. The topological polar surface area (TPSA) is 237 Å². The van der Waals surface area contributed by atoms with Crippen molar-refractivity contribution in [3.63, 3.8) is 0 Å². The second-order valence-electron chi connectivity index (χ2n) is 29.8. The maximum atomic E-state index is 13.1. The molecule has 0 saturated carbocycles. The van der Waals surface area contributed by atoms with Gasteiger partial charge < -0.3 is 33.8 Å². The van der Waals surface area contributed by atoms with Crippen molar-refractivity contribution in [2.75, 3.05) is 39.6 Å². The minimum atomic E-state index is -4.96. The molecule has 0 bridgehead atoms. The standard InChI is InChI=1S/C78H152O17P2/c1-9-71(8)57-49-41-33-24-20-16-13-14-18-22-26-35-44-52-60-77(82)94-74(65-89-76(81)59-51-43-37-29-32-40-48-56-70(6)7)67-93-97(86,87)91-63-72(79)62-90-96(84,85)92-66-73(95-78(83)61-53-45-36-28-27-31-39-47-55-69(4)5)64-88-75(80)58-50-42-34-25-21-17-12-10-11-15-19-23-30-38-46-54-68(2)3/h68-74,79H,9-67H2,1-8H3,(H,84,85)(H,86,87)/t71?,72?,73-,74-/m1/s1. The van der Waals surface area contributed by atoms with Crippen LogP contribution in [0.2, 0.25) is 0 Å². The van der Waals surface area contributed by atoms with E-state index in [0.717, 1.165) is 114 Å². The second-order valence-corrected chi connectivity index (χ2v) is 32.7. The van der Waals surface area contributed by atoms with E-state index in [1.807, 2.05) is 0 Å². The molecule has 4 unspecified atom stereocenters. The number of esters is 4. The Morgan fingerprint density at radius 2 is 0.495 bits per heavy atom. The van der Waals surface area contributed by atoms with Gasteiger partial charge in [-0.05, 0) is 49.4 Å². The van der Waals surface area contributed by atoms with Gasteiger partial charge in [0.25, 0.3) is 0 Å². The number of aliphatic hydroxyl groups is 1. The molecular weight excluding hydrogens is 1270 g/mol. The number of aliphatic hydroxyl groups excluding tert-OH is 1. The fourth-order valence-corrected chi connectivity index (χ4v) is 13.5. The van der Waals surface area contributed by atoms with Gasteiger partial charge in [0.15, 0.2) is 12.2 Å². The zero-order valence-electron chi connectivity index (χ0n) is 63.7.